The lowest BCUT2D eigenvalue weighted by Gasteiger charge is -2.48. The maximum absolute atomic E-state index is 13.5. The molecule has 2 bridgehead atoms. The van der Waals surface area contributed by atoms with Crippen LogP contribution in [0.1, 0.15) is 44.2 Å². The van der Waals surface area contributed by atoms with Crippen LogP contribution in [0.5, 0.6) is 5.75 Å². The summed E-state index contributed by atoms with van der Waals surface area (Å²) in [6.45, 7) is 7.68. The van der Waals surface area contributed by atoms with E-state index in [2.05, 4.69) is 57.5 Å². The van der Waals surface area contributed by atoms with Gasteiger partial charge >= 0.3 is 0 Å². The topological polar surface area (TPSA) is 110 Å². The number of fused-ring (bicyclic) bond motifs is 3. The summed E-state index contributed by atoms with van der Waals surface area (Å²) in [6, 6.07) is 9.56. The Labute approximate surface area is 205 Å². The largest absolute Gasteiger partial charge is 0.496 e. The van der Waals surface area contributed by atoms with Crippen LogP contribution in [0.25, 0.3) is 10.9 Å². The SMILES string of the molecule is CCC[C@@H](C)Nc1nc(N)nc2ccn(Cc3ccc(CN4CC5CC(C4)N5)cc3OC)c(=O)c12. The first-order valence-corrected chi connectivity index (χ1v) is 12.5. The van der Waals surface area contributed by atoms with Gasteiger partial charge in [0.1, 0.15) is 17.0 Å². The number of hydrogen-bond acceptors (Lipinski definition) is 8. The number of aromatic nitrogens is 3. The van der Waals surface area contributed by atoms with E-state index in [4.69, 9.17) is 10.5 Å². The van der Waals surface area contributed by atoms with Gasteiger partial charge in [-0.15, -0.1) is 0 Å². The van der Waals surface area contributed by atoms with Crippen LogP contribution < -0.4 is 26.7 Å². The lowest BCUT2D eigenvalue weighted by atomic mass is 9.91. The van der Waals surface area contributed by atoms with Crippen molar-refractivity contribution in [2.75, 3.05) is 31.2 Å². The second-order valence-electron chi connectivity index (χ2n) is 9.91. The summed E-state index contributed by atoms with van der Waals surface area (Å²) in [7, 11) is 1.68. The molecule has 3 aliphatic rings. The Morgan fingerprint density at radius 3 is 2.71 bits per heavy atom. The van der Waals surface area contributed by atoms with E-state index in [9.17, 15) is 4.79 Å². The van der Waals surface area contributed by atoms with E-state index >= 15 is 0 Å². The zero-order valence-corrected chi connectivity index (χ0v) is 20.8. The van der Waals surface area contributed by atoms with Crippen molar-refractivity contribution in [1.29, 1.82) is 0 Å². The normalized spacial score (nSPS) is 20.4. The summed E-state index contributed by atoms with van der Waals surface area (Å²) >= 11 is 0. The lowest BCUT2D eigenvalue weighted by molar-refractivity contribution is 0.0725. The zero-order chi connectivity index (χ0) is 24.5. The van der Waals surface area contributed by atoms with E-state index in [0.29, 0.717) is 35.3 Å². The van der Waals surface area contributed by atoms with Gasteiger partial charge in [0.2, 0.25) is 5.95 Å². The third-order valence-electron chi connectivity index (χ3n) is 7.04. The third-order valence-corrected chi connectivity index (χ3v) is 7.04. The second-order valence-corrected chi connectivity index (χ2v) is 9.91. The fourth-order valence-corrected chi connectivity index (χ4v) is 5.36. The monoisotopic (exact) mass is 477 g/mol. The molecule has 3 saturated heterocycles. The molecule has 3 aliphatic heterocycles. The molecule has 6 rings (SSSR count). The lowest BCUT2D eigenvalue weighted by Crippen LogP contribution is -2.66. The number of ether oxygens (including phenoxy) is 1. The van der Waals surface area contributed by atoms with Gasteiger partial charge in [0.15, 0.2) is 0 Å². The van der Waals surface area contributed by atoms with Crippen molar-refractivity contribution < 1.29 is 4.74 Å². The highest BCUT2D eigenvalue weighted by Crippen LogP contribution is 2.26. The van der Waals surface area contributed by atoms with E-state index < -0.39 is 0 Å². The fourth-order valence-electron chi connectivity index (χ4n) is 5.36. The molecule has 1 aromatic carbocycles. The van der Waals surface area contributed by atoms with Crippen molar-refractivity contribution >= 4 is 22.7 Å². The van der Waals surface area contributed by atoms with Crippen LogP contribution in [0.3, 0.4) is 0 Å². The van der Waals surface area contributed by atoms with Gasteiger partial charge in [-0.3, -0.25) is 9.69 Å². The molecule has 3 fully saturated rings. The molecule has 2 aromatic heterocycles. The first-order valence-electron chi connectivity index (χ1n) is 12.5. The van der Waals surface area contributed by atoms with Gasteiger partial charge < -0.3 is 25.7 Å². The summed E-state index contributed by atoms with van der Waals surface area (Å²) in [5, 5.41) is 7.39. The number of rotatable bonds is 9. The maximum atomic E-state index is 13.5. The number of hydrogen-bond donors (Lipinski definition) is 3. The molecule has 4 N–H and O–H groups in total. The zero-order valence-electron chi connectivity index (χ0n) is 20.8. The van der Waals surface area contributed by atoms with Crippen LogP contribution in [0.15, 0.2) is 35.3 Å². The Morgan fingerprint density at radius 1 is 1.23 bits per heavy atom. The predicted molar refractivity (Wildman–Crippen MR) is 139 cm³/mol. The van der Waals surface area contributed by atoms with Gasteiger partial charge in [-0.05, 0) is 37.5 Å². The van der Waals surface area contributed by atoms with E-state index in [1.807, 2.05) is 6.07 Å². The number of nitrogens with one attached hydrogen (secondary N) is 2. The average molecular weight is 478 g/mol. The van der Waals surface area contributed by atoms with E-state index in [1.165, 1.54) is 12.0 Å². The molecule has 3 atom stereocenters. The smallest absolute Gasteiger partial charge is 0.264 e. The molecule has 35 heavy (non-hydrogen) atoms. The number of nitrogens with zero attached hydrogens (tertiary/aromatic N) is 4. The van der Waals surface area contributed by atoms with Crippen molar-refractivity contribution in [2.45, 2.75) is 64.3 Å². The van der Waals surface area contributed by atoms with Gasteiger partial charge in [-0.2, -0.15) is 4.98 Å². The molecule has 0 radical (unpaired) electrons. The molecule has 9 heteroatoms. The Hall–Kier alpha value is -3.17. The van der Waals surface area contributed by atoms with Crippen molar-refractivity contribution in [2.24, 2.45) is 0 Å². The van der Waals surface area contributed by atoms with Crippen LogP contribution in [0, 0.1) is 0 Å². The van der Waals surface area contributed by atoms with Crippen LogP contribution in [0.2, 0.25) is 0 Å². The molecule has 9 nitrogen and oxygen atoms in total. The van der Waals surface area contributed by atoms with Crippen molar-refractivity contribution in [3.05, 3.63) is 51.9 Å². The van der Waals surface area contributed by atoms with Crippen LogP contribution in [-0.4, -0.2) is 57.8 Å². The molecule has 5 heterocycles. The molecule has 3 aromatic rings. The Kier molecular flexibility index (Phi) is 6.62. The first-order chi connectivity index (χ1) is 16.9. The Bertz CT molecular complexity index is 1260. The molecular weight excluding hydrogens is 442 g/mol. The third kappa shape index (κ3) is 4.97. The number of nitrogens with two attached hydrogens (primary N) is 1. The molecule has 0 saturated carbocycles. The van der Waals surface area contributed by atoms with E-state index in [0.717, 1.165) is 43.8 Å². The van der Waals surface area contributed by atoms with Crippen molar-refractivity contribution in [3.8, 4) is 5.75 Å². The van der Waals surface area contributed by atoms with Crippen LogP contribution in [-0.2, 0) is 13.1 Å². The van der Waals surface area contributed by atoms with Gasteiger partial charge in [0.25, 0.3) is 5.56 Å². The van der Waals surface area contributed by atoms with Crippen molar-refractivity contribution in [1.82, 2.24) is 24.8 Å². The number of nitrogen functional groups attached to an aromatic ring is 1. The van der Waals surface area contributed by atoms with Crippen LogP contribution >= 0.6 is 0 Å². The average Bonchev–Trinajstić information content (AvgIpc) is 2.81. The number of benzene rings is 1. The number of pyridine rings is 1. The number of piperidine rings is 1. The van der Waals surface area contributed by atoms with Crippen LogP contribution in [0.4, 0.5) is 11.8 Å². The summed E-state index contributed by atoms with van der Waals surface area (Å²) in [4.78, 5) is 24.7. The summed E-state index contributed by atoms with van der Waals surface area (Å²) in [6.07, 6.45) is 5.05. The van der Waals surface area contributed by atoms with E-state index in [-0.39, 0.29) is 17.5 Å². The van der Waals surface area contributed by atoms with Gasteiger partial charge in [-0.1, -0.05) is 25.5 Å². The fraction of sp³-hybridized carbons (Fsp3) is 0.500. The molecule has 0 amide bonds. The minimum atomic E-state index is -0.153. The van der Waals surface area contributed by atoms with Gasteiger partial charge in [-0.25, -0.2) is 4.98 Å². The number of piperazine rings is 1. The second kappa shape index (κ2) is 9.83. The van der Waals surface area contributed by atoms with Crippen molar-refractivity contribution in [3.63, 3.8) is 0 Å². The molecule has 0 aliphatic carbocycles. The first kappa shape index (κ1) is 23.6. The van der Waals surface area contributed by atoms with Gasteiger partial charge in [0, 0.05) is 49.5 Å². The molecule has 0 spiro atoms. The standard InChI is InChI=1S/C26H35N7O2/c1-4-5-16(2)28-24-23-21(30-26(27)31-24)8-9-33(25(23)34)13-18-7-6-17(10-22(18)35-3)12-32-14-19-11-20(15-32)29-19/h6-10,16,19-20,29H,4-5,11-15H2,1-3H3,(H3,27,28,30,31)/t16-,19?,20?/m1/s1. The number of anilines is 2. The summed E-state index contributed by atoms with van der Waals surface area (Å²) in [5.41, 5.74) is 8.48. The minimum absolute atomic E-state index is 0.153. The Morgan fingerprint density at radius 2 is 2.00 bits per heavy atom. The summed E-state index contributed by atoms with van der Waals surface area (Å²) < 4.78 is 7.40. The highest BCUT2D eigenvalue weighted by molar-refractivity contribution is 5.89. The quantitative estimate of drug-likeness (QED) is 0.431. The van der Waals surface area contributed by atoms with E-state index in [1.54, 1.807) is 17.9 Å². The summed E-state index contributed by atoms with van der Waals surface area (Å²) in [5.74, 6) is 1.43. The Balaban J connectivity index is 1.41. The molecule has 186 valence electrons. The number of methoxy groups -OCH3 is 1. The highest BCUT2D eigenvalue weighted by Gasteiger charge is 2.36. The minimum Gasteiger partial charge on any atom is -0.496 e. The maximum Gasteiger partial charge on any atom is 0.264 e. The molecular formula is C26H35N7O2. The van der Waals surface area contributed by atoms with Gasteiger partial charge in [0.05, 0.1) is 19.2 Å². The highest BCUT2D eigenvalue weighted by atomic mass is 16.5. The molecule has 2 unspecified atom stereocenters. The predicted octanol–water partition coefficient (Wildman–Crippen LogP) is 2.58.